The maximum atomic E-state index is 12.6. The topological polar surface area (TPSA) is 22.1 Å². The van der Waals surface area contributed by atoms with Gasteiger partial charge in [0.2, 0.25) is 0 Å². The van der Waals surface area contributed by atoms with Crippen LogP contribution >= 0.6 is 38.5 Å². The van der Waals surface area contributed by atoms with E-state index >= 15 is 0 Å². The summed E-state index contributed by atoms with van der Waals surface area (Å²) in [7, 11) is 0. The van der Waals surface area contributed by atoms with Gasteiger partial charge in [-0.1, -0.05) is 15.9 Å². The standard InChI is InChI=1S/C8H4BrF5INO/c9-2-3-1-4(6(10)11)5(7(15)16-3)17-8(12,13)14/h1,6H,2H2. The minimum absolute atomic E-state index is 0.162. The Balaban J connectivity index is 3.27. The van der Waals surface area contributed by atoms with Gasteiger partial charge >= 0.3 is 6.36 Å². The quantitative estimate of drug-likeness (QED) is 0.306. The van der Waals surface area contributed by atoms with Gasteiger partial charge in [-0.15, -0.1) is 13.2 Å². The molecule has 1 aromatic rings. The number of halogens is 7. The van der Waals surface area contributed by atoms with Crippen molar-refractivity contribution in [1.82, 2.24) is 4.98 Å². The SMILES string of the molecule is FC(F)c1cc(CBr)nc(I)c1OC(F)(F)F. The van der Waals surface area contributed by atoms with Crippen LogP contribution in [0.3, 0.4) is 0 Å². The van der Waals surface area contributed by atoms with E-state index in [0.717, 1.165) is 6.07 Å². The summed E-state index contributed by atoms with van der Waals surface area (Å²) in [5, 5.41) is 0.162. The predicted octanol–water partition coefficient (Wildman–Crippen LogP) is 4.42. The van der Waals surface area contributed by atoms with Crippen molar-refractivity contribution in [3.8, 4) is 5.75 Å². The molecule has 1 aromatic heterocycles. The van der Waals surface area contributed by atoms with Gasteiger partial charge < -0.3 is 4.74 Å². The summed E-state index contributed by atoms with van der Waals surface area (Å²) in [5.41, 5.74) is -0.615. The van der Waals surface area contributed by atoms with Crippen molar-refractivity contribution in [3.05, 3.63) is 21.0 Å². The highest BCUT2D eigenvalue weighted by Crippen LogP contribution is 2.36. The van der Waals surface area contributed by atoms with Gasteiger partial charge in [-0.25, -0.2) is 13.8 Å². The van der Waals surface area contributed by atoms with Crippen LogP contribution < -0.4 is 4.74 Å². The first-order valence-electron chi connectivity index (χ1n) is 4.03. The summed E-state index contributed by atoms with van der Waals surface area (Å²) in [6.45, 7) is 0. The van der Waals surface area contributed by atoms with Crippen LogP contribution in [0.15, 0.2) is 6.07 Å². The van der Waals surface area contributed by atoms with Crippen LogP contribution in [0.1, 0.15) is 17.7 Å². The van der Waals surface area contributed by atoms with Gasteiger partial charge in [-0.05, 0) is 28.7 Å². The van der Waals surface area contributed by atoms with Crippen LogP contribution in [0, 0.1) is 3.70 Å². The molecule has 0 aliphatic rings. The molecule has 0 amide bonds. The Morgan fingerprint density at radius 3 is 2.41 bits per heavy atom. The summed E-state index contributed by atoms with van der Waals surface area (Å²) >= 11 is 4.41. The lowest BCUT2D eigenvalue weighted by Gasteiger charge is -2.14. The first-order chi connectivity index (χ1) is 7.74. The fraction of sp³-hybridized carbons (Fsp3) is 0.375. The Kier molecular flexibility index (Phi) is 4.93. The molecule has 0 radical (unpaired) electrons. The molecule has 0 saturated carbocycles. The second-order valence-electron chi connectivity index (χ2n) is 2.80. The molecule has 0 spiro atoms. The van der Waals surface area contributed by atoms with Crippen LogP contribution in [0.4, 0.5) is 22.0 Å². The molecule has 0 aliphatic heterocycles. The van der Waals surface area contributed by atoms with Crippen LogP contribution in [0.2, 0.25) is 0 Å². The zero-order valence-corrected chi connectivity index (χ0v) is 11.6. The van der Waals surface area contributed by atoms with Crippen molar-refractivity contribution in [1.29, 1.82) is 0 Å². The first-order valence-corrected chi connectivity index (χ1v) is 6.23. The summed E-state index contributed by atoms with van der Waals surface area (Å²) < 4.78 is 64.6. The van der Waals surface area contributed by atoms with E-state index in [0.29, 0.717) is 0 Å². The van der Waals surface area contributed by atoms with Gasteiger partial charge in [-0.3, -0.25) is 0 Å². The molecule has 0 atom stereocenters. The van der Waals surface area contributed by atoms with Crippen molar-refractivity contribution < 1.29 is 26.7 Å². The van der Waals surface area contributed by atoms with Gasteiger partial charge in [-0.2, -0.15) is 0 Å². The number of hydrogen-bond acceptors (Lipinski definition) is 2. The highest BCUT2D eigenvalue weighted by atomic mass is 127. The second kappa shape index (κ2) is 5.63. The Bertz CT molecular complexity index is 412. The van der Waals surface area contributed by atoms with Gasteiger partial charge in [0, 0.05) is 5.33 Å². The van der Waals surface area contributed by atoms with Gasteiger partial charge in [0.1, 0.15) is 3.70 Å². The average Bonchev–Trinajstić information content (AvgIpc) is 2.18. The van der Waals surface area contributed by atoms with Crippen molar-refractivity contribution in [2.24, 2.45) is 0 Å². The third-order valence-corrected chi connectivity index (χ3v) is 2.91. The fourth-order valence-electron chi connectivity index (χ4n) is 1.02. The highest BCUT2D eigenvalue weighted by Gasteiger charge is 2.35. The number of nitrogens with zero attached hydrogens (tertiary/aromatic N) is 1. The molecule has 1 heterocycles. The highest BCUT2D eigenvalue weighted by molar-refractivity contribution is 14.1. The molecule has 0 fully saturated rings. The van der Waals surface area contributed by atoms with E-state index < -0.39 is 24.1 Å². The third-order valence-electron chi connectivity index (χ3n) is 1.60. The maximum absolute atomic E-state index is 12.6. The molecular weight excluding hydrogens is 428 g/mol. The van der Waals surface area contributed by atoms with Crippen LogP contribution in [0.5, 0.6) is 5.75 Å². The normalized spacial score (nSPS) is 12.0. The molecule has 0 aliphatic carbocycles. The third kappa shape index (κ3) is 4.19. The zero-order chi connectivity index (χ0) is 13.2. The van der Waals surface area contributed by atoms with E-state index in [1.807, 2.05) is 0 Å². The molecule has 9 heteroatoms. The minimum Gasteiger partial charge on any atom is -0.402 e. The monoisotopic (exact) mass is 431 g/mol. The molecule has 0 unspecified atom stereocenters. The predicted molar refractivity (Wildman–Crippen MR) is 61.2 cm³/mol. The summed E-state index contributed by atoms with van der Waals surface area (Å²) in [5.74, 6) is -0.946. The lowest BCUT2D eigenvalue weighted by Crippen LogP contribution is -2.19. The molecule has 0 aromatic carbocycles. The van der Waals surface area contributed by atoms with E-state index in [4.69, 9.17) is 0 Å². The van der Waals surface area contributed by atoms with Crippen molar-refractivity contribution in [2.45, 2.75) is 18.1 Å². The van der Waals surface area contributed by atoms with E-state index in [1.165, 1.54) is 22.6 Å². The number of aromatic nitrogens is 1. The average molecular weight is 432 g/mol. The molecule has 0 saturated heterocycles. The van der Waals surface area contributed by atoms with Crippen LogP contribution in [0.25, 0.3) is 0 Å². The van der Waals surface area contributed by atoms with Gasteiger partial charge in [0.15, 0.2) is 5.75 Å². The fourth-order valence-corrected chi connectivity index (χ4v) is 2.04. The molecule has 1 rings (SSSR count). The van der Waals surface area contributed by atoms with Crippen LogP contribution in [-0.4, -0.2) is 11.3 Å². The number of pyridine rings is 1. The maximum Gasteiger partial charge on any atom is 0.573 e. The minimum atomic E-state index is -5.03. The van der Waals surface area contributed by atoms with Crippen molar-refractivity contribution in [2.75, 3.05) is 0 Å². The Labute approximate surface area is 115 Å². The van der Waals surface area contributed by atoms with Crippen molar-refractivity contribution >= 4 is 38.5 Å². The Morgan fingerprint density at radius 1 is 1.41 bits per heavy atom. The molecule has 17 heavy (non-hydrogen) atoms. The number of ether oxygens (including phenoxy) is 1. The molecule has 0 N–H and O–H groups in total. The van der Waals surface area contributed by atoms with Gasteiger partial charge in [0.25, 0.3) is 6.43 Å². The molecule has 0 bridgehead atoms. The van der Waals surface area contributed by atoms with E-state index in [-0.39, 0.29) is 14.7 Å². The van der Waals surface area contributed by atoms with Gasteiger partial charge in [0.05, 0.1) is 11.3 Å². The first kappa shape index (κ1) is 14.9. The van der Waals surface area contributed by atoms with Crippen molar-refractivity contribution in [3.63, 3.8) is 0 Å². The molecule has 96 valence electrons. The lowest BCUT2D eigenvalue weighted by atomic mass is 10.2. The number of alkyl halides is 6. The summed E-state index contributed by atoms with van der Waals surface area (Å²) in [6, 6.07) is 0.878. The Hall–Kier alpha value is -0.190. The molecular formula is C8H4BrF5INO. The number of hydrogen-bond donors (Lipinski definition) is 0. The lowest BCUT2D eigenvalue weighted by molar-refractivity contribution is -0.275. The largest absolute Gasteiger partial charge is 0.573 e. The second-order valence-corrected chi connectivity index (χ2v) is 4.39. The zero-order valence-electron chi connectivity index (χ0n) is 7.86. The molecule has 2 nitrogen and oxygen atoms in total. The van der Waals surface area contributed by atoms with Crippen LogP contribution in [-0.2, 0) is 5.33 Å². The van der Waals surface area contributed by atoms with E-state index in [2.05, 4.69) is 25.7 Å². The summed E-state index contributed by atoms with van der Waals surface area (Å²) in [6.07, 6.45) is -8.09. The van der Waals surface area contributed by atoms with E-state index in [1.54, 1.807) is 0 Å². The van der Waals surface area contributed by atoms with E-state index in [9.17, 15) is 22.0 Å². The summed E-state index contributed by atoms with van der Waals surface area (Å²) in [4.78, 5) is 3.70. The number of rotatable bonds is 3. The smallest absolute Gasteiger partial charge is 0.402 e. The Morgan fingerprint density at radius 2 is 2.00 bits per heavy atom.